The van der Waals surface area contributed by atoms with E-state index in [1.165, 1.54) is 40.8 Å². The molecular weight excluding hydrogens is 206 g/mol. The fourth-order valence-electron chi connectivity index (χ4n) is 2.53. The lowest BCUT2D eigenvalue weighted by Gasteiger charge is -2.19. The summed E-state index contributed by atoms with van der Waals surface area (Å²) in [5.41, 5.74) is 6.76. The van der Waals surface area contributed by atoms with Gasteiger partial charge in [-0.1, -0.05) is 36.4 Å². The van der Waals surface area contributed by atoms with Crippen molar-refractivity contribution in [3.8, 4) is 11.1 Å². The number of fused-ring (bicyclic) bond motifs is 1. The Morgan fingerprint density at radius 1 is 1.06 bits per heavy atom. The Morgan fingerprint density at radius 2 is 1.94 bits per heavy atom. The van der Waals surface area contributed by atoms with Gasteiger partial charge in [0.15, 0.2) is 0 Å². The molecule has 0 aromatic heterocycles. The molecule has 0 fully saturated rings. The molecular formula is C16H17N. The summed E-state index contributed by atoms with van der Waals surface area (Å²) in [7, 11) is 0. The summed E-state index contributed by atoms with van der Waals surface area (Å²) in [4.78, 5) is 0. The van der Waals surface area contributed by atoms with Crippen molar-refractivity contribution < 1.29 is 0 Å². The van der Waals surface area contributed by atoms with Crippen molar-refractivity contribution in [2.75, 3.05) is 11.9 Å². The van der Waals surface area contributed by atoms with E-state index in [2.05, 4.69) is 54.7 Å². The molecule has 3 rings (SSSR count). The molecule has 86 valence electrons. The lowest BCUT2D eigenvalue weighted by atomic mass is 9.96. The molecule has 0 radical (unpaired) electrons. The first kappa shape index (κ1) is 10.4. The van der Waals surface area contributed by atoms with E-state index < -0.39 is 0 Å². The van der Waals surface area contributed by atoms with E-state index in [0.717, 1.165) is 6.54 Å². The van der Waals surface area contributed by atoms with Gasteiger partial charge in [0.25, 0.3) is 0 Å². The number of hydrogen-bond donors (Lipinski definition) is 1. The van der Waals surface area contributed by atoms with Gasteiger partial charge in [-0.15, -0.1) is 0 Å². The van der Waals surface area contributed by atoms with Gasteiger partial charge in [0, 0.05) is 12.2 Å². The predicted octanol–water partition coefficient (Wildman–Crippen LogP) is 4.02. The second-order valence-electron chi connectivity index (χ2n) is 4.72. The van der Waals surface area contributed by atoms with Gasteiger partial charge in [0.1, 0.15) is 0 Å². The van der Waals surface area contributed by atoms with Crippen LogP contribution in [0.25, 0.3) is 11.1 Å². The van der Waals surface area contributed by atoms with Crippen LogP contribution in [0.1, 0.15) is 17.5 Å². The number of rotatable bonds is 1. The molecule has 0 saturated heterocycles. The smallest absolute Gasteiger partial charge is 0.0378 e. The highest BCUT2D eigenvalue weighted by Crippen LogP contribution is 2.30. The van der Waals surface area contributed by atoms with Crippen LogP contribution in [0.2, 0.25) is 0 Å². The fourth-order valence-corrected chi connectivity index (χ4v) is 2.53. The van der Waals surface area contributed by atoms with Gasteiger partial charge in [-0.05, 0) is 48.1 Å². The van der Waals surface area contributed by atoms with E-state index in [0.29, 0.717) is 0 Å². The van der Waals surface area contributed by atoms with Crippen molar-refractivity contribution in [1.29, 1.82) is 0 Å². The Hall–Kier alpha value is -1.76. The van der Waals surface area contributed by atoms with Crippen LogP contribution in [0.15, 0.2) is 42.5 Å². The highest BCUT2D eigenvalue weighted by molar-refractivity contribution is 5.72. The first-order valence-electron chi connectivity index (χ1n) is 6.27. The SMILES string of the molecule is Cc1ccccc1-c1ccc2c(c1)NCCC2. The molecule has 0 unspecified atom stereocenters. The molecule has 1 nitrogen and oxygen atoms in total. The van der Waals surface area contributed by atoms with E-state index in [-0.39, 0.29) is 0 Å². The van der Waals surface area contributed by atoms with Gasteiger partial charge >= 0.3 is 0 Å². The molecule has 2 aromatic rings. The van der Waals surface area contributed by atoms with Crippen molar-refractivity contribution in [3.63, 3.8) is 0 Å². The molecule has 1 aliphatic rings. The molecule has 0 atom stereocenters. The number of aryl methyl sites for hydroxylation is 2. The van der Waals surface area contributed by atoms with Crippen LogP contribution in [-0.2, 0) is 6.42 Å². The zero-order chi connectivity index (χ0) is 11.7. The van der Waals surface area contributed by atoms with Crippen molar-refractivity contribution in [3.05, 3.63) is 53.6 Å². The third-order valence-corrected chi connectivity index (χ3v) is 3.50. The van der Waals surface area contributed by atoms with E-state index in [9.17, 15) is 0 Å². The summed E-state index contributed by atoms with van der Waals surface area (Å²) < 4.78 is 0. The van der Waals surface area contributed by atoms with Crippen molar-refractivity contribution in [2.45, 2.75) is 19.8 Å². The number of benzene rings is 2. The van der Waals surface area contributed by atoms with Gasteiger partial charge in [-0.2, -0.15) is 0 Å². The Bertz CT molecular complexity index is 543. The van der Waals surface area contributed by atoms with Gasteiger partial charge in [0.05, 0.1) is 0 Å². The third-order valence-electron chi connectivity index (χ3n) is 3.50. The van der Waals surface area contributed by atoms with Gasteiger partial charge in [0.2, 0.25) is 0 Å². The zero-order valence-corrected chi connectivity index (χ0v) is 10.2. The molecule has 1 N–H and O–H groups in total. The average molecular weight is 223 g/mol. The van der Waals surface area contributed by atoms with E-state index in [1.54, 1.807) is 0 Å². The van der Waals surface area contributed by atoms with Crippen LogP contribution in [0.4, 0.5) is 5.69 Å². The van der Waals surface area contributed by atoms with Crippen LogP contribution in [0.5, 0.6) is 0 Å². The Labute approximate surface area is 102 Å². The topological polar surface area (TPSA) is 12.0 Å². The van der Waals surface area contributed by atoms with E-state index >= 15 is 0 Å². The van der Waals surface area contributed by atoms with Gasteiger partial charge in [-0.3, -0.25) is 0 Å². The van der Waals surface area contributed by atoms with Crippen LogP contribution in [-0.4, -0.2) is 6.54 Å². The Balaban J connectivity index is 2.07. The molecule has 0 saturated carbocycles. The van der Waals surface area contributed by atoms with Crippen LogP contribution in [0.3, 0.4) is 0 Å². The van der Waals surface area contributed by atoms with Crippen molar-refractivity contribution in [1.82, 2.24) is 0 Å². The monoisotopic (exact) mass is 223 g/mol. The lowest BCUT2D eigenvalue weighted by molar-refractivity contribution is 0.830. The number of nitrogens with one attached hydrogen (secondary N) is 1. The molecule has 0 amide bonds. The normalized spacial score (nSPS) is 13.9. The second-order valence-corrected chi connectivity index (χ2v) is 4.72. The fraction of sp³-hybridized carbons (Fsp3) is 0.250. The quantitative estimate of drug-likeness (QED) is 0.770. The maximum atomic E-state index is 3.49. The number of hydrogen-bond acceptors (Lipinski definition) is 1. The summed E-state index contributed by atoms with van der Waals surface area (Å²) >= 11 is 0. The van der Waals surface area contributed by atoms with Crippen molar-refractivity contribution >= 4 is 5.69 Å². The summed E-state index contributed by atoms with van der Waals surface area (Å²) in [6, 6.07) is 15.4. The minimum absolute atomic E-state index is 1.10. The molecule has 2 aromatic carbocycles. The summed E-state index contributed by atoms with van der Waals surface area (Å²) in [5, 5.41) is 3.49. The minimum atomic E-state index is 1.10. The molecule has 1 heteroatoms. The molecule has 0 bridgehead atoms. The Kier molecular flexibility index (Phi) is 2.60. The highest BCUT2D eigenvalue weighted by atomic mass is 14.9. The highest BCUT2D eigenvalue weighted by Gasteiger charge is 2.09. The summed E-state index contributed by atoms with van der Waals surface area (Å²) in [6.07, 6.45) is 2.45. The van der Waals surface area contributed by atoms with Gasteiger partial charge in [-0.25, -0.2) is 0 Å². The summed E-state index contributed by atoms with van der Waals surface area (Å²) in [5.74, 6) is 0. The van der Waals surface area contributed by atoms with Crippen LogP contribution in [0, 0.1) is 6.92 Å². The molecule has 1 heterocycles. The maximum absolute atomic E-state index is 3.49. The van der Waals surface area contributed by atoms with E-state index in [4.69, 9.17) is 0 Å². The molecule has 1 aliphatic heterocycles. The van der Waals surface area contributed by atoms with E-state index in [1.807, 2.05) is 0 Å². The Morgan fingerprint density at radius 3 is 2.82 bits per heavy atom. The predicted molar refractivity (Wildman–Crippen MR) is 73.4 cm³/mol. The molecule has 0 spiro atoms. The largest absolute Gasteiger partial charge is 0.385 e. The second kappa shape index (κ2) is 4.25. The van der Waals surface area contributed by atoms with Crippen LogP contribution < -0.4 is 5.32 Å². The minimum Gasteiger partial charge on any atom is -0.385 e. The van der Waals surface area contributed by atoms with Crippen LogP contribution >= 0.6 is 0 Å². The molecule has 0 aliphatic carbocycles. The first-order chi connectivity index (χ1) is 8.34. The maximum Gasteiger partial charge on any atom is 0.0378 e. The van der Waals surface area contributed by atoms with Crippen molar-refractivity contribution in [2.24, 2.45) is 0 Å². The molecule has 17 heavy (non-hydrogen) atoms. The zero-order valence-electron chi connectivity index (χ0n) is 10.2. The third kappa shape index (κ3) is 1.93. The average Bonchev–Trinajstić information content (AvgIpc) is 2.39. The first-order valence-corrected chi connectivity index (χ1v) is 6.27. The number of anilines is 1. The standard InChI is InChI=1S/C16H17N/c1-12-5-2-3-7-15(12)14-9-8-13-6-4-10-17-16(13)11-14/h2-3,5,7-9,11,17H,4,6,10H2,1H3. The van der Waals surface area contributed by atoms with Gasteiger partial charge < -0.3 is 5.32 Å². The lowest BCUT2D eigenvalue weighted by Crippen LogP contribution is -2.11. The summed E-state index contributed by atoms with van der Waals surface area (Å²) in [6.45, 7) is 3.27.